The average Bonchev–Trinajstić information content (AvgIpc) is 2.73. The molecule has 1 aromatic heterocycles. The van der Waals surface area contributed by atoms with Crippen LogP contribution in [0.4, 0.5) is 5.69 Å². The summed E-state index contributed by atoms with van der Waals surface area (Å²) in [7, 11) is 0. The van der Waals surface area contributed by atoms with Crippen molar-refractivity contribution >= 4 is 44.7 Å². The fourth-order valence-electron chi connectivity index (χ4n) is 2.94. The molecule has 0 aliphatic rings. The Kier molecular flexibility index (Phi) is 6.59. The summed E-state index contributed by atoms with van der Waals surface area (Å²) in [5, 5.41) is 16.0. The molecule has 0 radical (unpaired) electrons. The number of carbonyl (C=O) groups is 1. The topological polar surface area (TPSA) is 117 Å². The van der Waals surface area contributed by atoms with Gasteiger partial charge in [0.05, 0.1) is 22.0 Å². The normalized spacial score (nSPS) is 12.3. The Morgan fingerprint density at radius 1 is 1.39 bits per heavy atom. The van der Waals surface area contributed by atoms with Crippen molar-refractivity contribution in [3.63, 3.8) is 0 Å². The molecule has 10 heteroatoms. The van der Waals surface area contributed by atoms with Crippen LogP contribution in [0.15, 0.2) is 50.8 Å². The summed E-state index contributed by atoms with van der Waals surface area (Å²) in [5.41, 5.74) is -0.0295. The number of ether oxygens (including phenoxy) is 1. The maximum absolute atomic E-state index is 13.2. The summed E-state index contributed by atoms with van der Waals surface area (Å²) in [6, 6.07) is 9.39. The van der Waals surface area contributed by atoms with Crippen LogP contribution in [0.1, 0.15) is 44.5 Å². The molecule has 0 unspecified atom stereocenters. The summed E-state index contributed by atoms with van der Waals surface area (Å²) < 4.78 is 6.96. The highest BCUT2D eigenvalue weighted by Crippen LogP contribution is 2.30. The van der Waals surface area contributed by atoms with Gasteiger partial charge >= 0.3 is 11.7 Å². The number of para-hydroxylation sites is 1. The lowest BCUT2D eigenvalue weighted by molar-refractivity contribution is -0.385. The van der Waals surface area contributed by atoms with Crippen LogP contribution in [-0.4, -0.2) is 26.8 Å². The van der Waals surface area contributed by atoms with E-state index in [1.165, 1.54) is 29.1 Å². The van der Waals surface area contributed by atoms with Gasteiger partial charge in [-0.1, -0.05) is 35.8 Å². The third-order valence-electron chi connectivity index (χ3n) is 4.67. The summed E-state index contributed by atoms with van der Waals surface area (Å²) >= 11 is 3.36. The molecule has 0 bridgehead atoms. The molecule has 1 atom stereocenters. The number of nitro benzene ring substituents is 1. The second kappa shape index (κ2) is 9.17. The number of carbonyl (C=O) groups excluding carboxylic acids is 1. The van der Waals surface area contributed by atoms with Crippen molar-refractivity contribution in [3.05, 3.63) is 72.7 Å². The highest BCUT2D eigenvalue weighted by Gasteiger charge is 2.21. The molecular formula is C21H19BrN4O5. The van der Waals surface area contributed by atoms with Gasteiger partial charge < -0.3 is 4.74 Å². The van der Waals surface area contributed by atoms with Gasteiger partial charge in [-0.15, -0.1) is 0 Å². The molecule has 0 aliphatic carbocycles. The fourth-order valence-corrected chi connectivity index (χ4v) is 3.30. The van der Waals surface area contributed by atoms with Gasteiger partial charge in [0.25, 0.3) is 5.56 Å². The molecule has 3 rings (SSSR count). The third kappa shape index (κ3) is 4.69. The van der Waals surface area contributed by atoms with Crippen molar-refractivity contribution in [2.24, 2.45) is 5.10 Å². The van der Waals surface area contributed by atoms with Gasteiger partial charge in [0.1, 0.15) is 5.82 Å². The van der Waals surface area contributed by atoms with Crippen molar-refractivity contribution in [1.29, 1.82) is 0 Å². The molecule has 0 spiro atoms. The van der Waals surface area contributed by atoms with Crippen LogP contribution in [0.3, 0.4) is 0 Å². The van der Waals surface area contributed by atoms with E-state index in [4.69, 9.17) is 4.74 Å². The smallest absolute Gasteiger partial charge is 0.312 e. The zero-order valence-corrected chi connectivity index (χ0v) is 18.6. The lowest BCUT2D eigenvalue weighted by Crippen LogP contribution is -2.23. The second-order valence-corrected chi connectivity index (χ2v) is 7.76. The Bertz CT molecular complexity index is 1270. The number of aromatic nitrogens is 2. The molecule has 1 heterocycles. The molecule has 31 heavy (non-hydrogen) atoms. The van der Waals surface area contributed by atoms with Crippen LogP contribution in [0, 0.1) is 10.1 Å². The Labute approximate surface area is 185 Å². The lowest BCUT2D eigenvalue weighted by atomic mass is 10.1. The minimum Gasteiger partial charge on any atom is -0.419 e. The van der Waals surface area contributed by atoms with Crippen molar-refractivity contribution in [3.8, 4) is 5.75 Å². The molecule has 9 nitrogen and oxygen atoms in total. The Morgan fingerprint density at radius 2 is 2.13 bits per heavy atom. The van der Waals surface area contributed by atoms with Crippen molar-refractivity contribution < 1.29 is 14.5 Å². The maximum atomic E-state index is 13.2. The second-order valence-electron chi connectivity index (χ2n) is 6.85. The zero-order valence-electron chi connectivity index (χ0n) is 17.0. The predicted molar refractivity (Wildman–Crippen MR) is 120 cm³/mol. The number of benzene rings is 2. The molecule has 3 aromatic rings. The lowest BCUT2D eigenvalue weighted by Gasteiger charge is -2.14. The van der Waals surface area contributed by atoms with Gasteiger partial charge in [-0.2, -0.15) is 9.78 Å². The minimum atomic E-state index is -0.710. The number of nitrogens with zero attached hydrogens (tertiary/aromatic N) is 4. The van der Waals surface area contributed by atoms with Gasteiger partial charge in [-0.05, 0) is 30.7 Å². The monoisotopic (exact) mass is 486 g/mol. The van der Waals surface area contributed by atoms with Crippen LogP contribution in [-0.2, 0) is 4.79 Å². The number of nitro groups is 1. The Hall–Kier alpha value is -3.40. The summed E-state index contributed by atoms with van der Waals surface area (Å²) in [6.45, 7) is 5.04. The first-order valence-electron chi connectivity index (χ1n) is 9.45. The summed E-state index contributed by atoms with van der Waals surface area (Å²) in [4.78, 5) is 40.0. The van der Waals surface area contributed by atoms with Gasteiger partial charge in [0.15, 0.2) is 0 Å². The first-order chi connectivity index (χ1) is 14.7. The molecule has 2 aromatic carbocycles. The van der Waals surface area contributed by atoms with Gasteiger partial charge in [0, 0.05) is 28.9 Å². The van der Waals surface area contributed by atoms with Crippen LogP contribution >= 0.6 is 15.9 Å². The van der Waals surface area contributed by atoms with Gasteiger partial charge in [0.2, 0.25) is 5.75 Å². The molecule has 0 aliphatic heterocycles. The number of rotatable bonds is 6. The van der Waals surface area contributed by atoms with Crippen LogP contribution in [0.2, 0.25) is 0 Å². The van der Waals surface area contributed by atoms with Gasteiger partial charge in [-0.25, -0.2) is 4.98 Å². The van der Waals surface area contributed by atoms with Crippen molar-refractivity contribution in [2.75, 3.05) is 0 Å². The fraction of sp³-hybridized carbons (Fsp3) is 0.238. The van der Waals surface area contributed by atoms with E-state index in [0.29, 0.717) is 16.7 Å². The molecule has 0 amide bonds. The number of esters is 1. The standard InChI is InChI=1S/C21H19BrN4O5/c1-4-12(2)20-24-17-9-8-15(22)10-16(17)21(28)25(20)23-11-14-6-5-7-18(26(29)30)19(14)31-13(3)27/h5-12H,4H2,1-3H3/t12-/m0/s1. The maximum Gasteiger partial charge on any atom is 0.312 e. The number of fused-ring (bicyclic) bond motifs is 1. The molecular weight excluding hydrogens is 468 g/mol. The molecule has 0 saturated heterocycles. The third-order valence-corrected chi connectivity index (χ3v) is 5.16. The van der Waals surface area contributed by atoms with E-state index in [1.54, 1.807) is 18.2 Å². The van der Waals surface area contributed by atoms with E-state index in [9.17, 15) is 19.7 Å². The van der Waals surface area contributed by atoms with E-state index in [2.05, 4.69) is 26.0 Å². The van der Waals surface area contributed by atoms with E-state index in [1.807, 2.05) is 13.8 Å². The quantitative estimate of drug-likeness (QED) is 0.167. The highest BCUT2D eigenvalue weighted by atomic mass is 79.9. The molecule has 0 fully saturated rings. The highest BCUT2D eigenvalue weighted by molar-refractivity contribution is 9.10. The molecule has 0 saturated carbocycles. The number of hydrogen-bond donors (Lipinski definition) is 0. The number of halogens is 1. The van der Waals surface area contributed by atoms with Crippen molar-refractivity contribution in [2.45, 2.75) is 33.1 Å². The van der Waals surface area contributed by atoms with Crippen LogP contribution < -0.4 is 10.3 Å². The zero-order chi connectivity index (χ0) is 22.7. The minimum absolute atomic E-state index is 0.0732. The predicted octanol–water partition coefficient (Wildman–Crippen LogP) is 4.39. The van der Waals surface area contributed by atoms with E-state index in [-0.39, 0.29) is 28.5 Å². The largest absolute Gasteiger partial charge is 0.419 e. The first kappa shape index (κ1) is 22.3. The number of hydrogen-bond acceptors (Lipinski definition) is 7. The molecule has 0 N–H and O–H groups in total. The average molecular weight is 487 g/mol. The first-order valence-corrected chi connectivity index (χ1v) is 10.2. The van der Waals surface area contributed by atoms with Gasteiger partial charge in [-0.3, -0.25) is 19.7 Å². The van der Waals surface area contributed by atoms with E-state index in [0.717, 1.165) is 17.8 Å². The Morgan fingerprint density at radius 3 is 2.77 bits per heavy atom. The Balaban J connectivity index is 2.23. The van der Waals surface area contributed by atoms with E-state index < -0.39 is 10.9 Å². The molecule has 160 valence electrons. The SMILES string of the molecule is CC[C@H](C)c1nc2ccc(Br)cc2c(=O)n1N=Cc1cccc([N+](=O)[O-])c1OC(C)=O. The van der Waals surface area contributed by atoms with Crippen molar-refractivity contribution in [1.82, 2.24) is 9.66 Å². The summed E-state index contributed by atoms with van der Waals surface area (Å²) in [6.07, 6.45) is 1.98. The van der Waals surface area contributed by atoms with E-state index >= 15 is 0 Å². The summed E-state index contributed by atoms with van der Waals surface area (Å²) in [5.74, 6) is -0.564. The van der Waals surface area contributed by atoms with Crippen LogP contribution in [0.5, 0.6) is 5.75 Å². The van der Waals surface area contributed by atoms with Crippen LogP contribution in [0.25, 0.3) is 10.9 Å².